The fourth-order valence-electron chi connectivity index (χ4n) is 2.67. The number of imide groups is 2. The van der Waals surface area contributed by atoms with Crippen LogP contribution in [-0.4, -0.2) is 42.4 Å². The predicted octanol–water partition coefficient (Wildman–Crippen LogP) is 1.34. The second kappa shape index (κ2) is 7.52. The summed E-state index contributed by atoms with van der Waals surface area (Å²) in [6, 6.07) is 5.44. The van der Waals surface area contributed by atoms with Crippen molar-refractivity contribution in [2.45, 2.75) is 25.3 Å². The van der Waals surface area contributed by atoms with E-state index >= 15 is 0 Å². The highest BCUT2D eigenvalue weighted by Gasteiger charge is 2.51. The van der Waals surface area contributed by atoms with E-state index in [1.165, 1.54) is 7.05 Å². The van der Waals surface area contributed by atoms with E-state index in [4.69, 9.17) is 11.6 Å². The number of hydrogen-bond acceptors (Lipinski definition) is 4. The molecule has 1 fully saturated rings. The average molecular weight is 367 g/mol. The van der Waals surface area contributed by atoms with E-state index < -0.39 is 29.4 Å². The first-order valence-corrected chi connectivity index (χ1v) is 8.13. The number of nitrogens with zero attached hydrogens (tertiary/aromatic N) is 1. The normalized spacial score (nSPS) is 19.6. The zero-order valence-corrected chi connectivity index (χ0v) is 14.6. The number of amides is 6. The molecule has 1 atom stereocenters. The zero-order chi connectivity index (χ0) is 18.6. The van der Waals surface area contributed by atoms with Gasteiger partial charge in [0.15, 0.2) is 0 Å². The lowest BCUT2D eigenvalue weighted by molar-refractivity contribution is -0.132. The minimum Gasteiger partial charge on any atom is -0.341 e. The molecular weight excluding hydrogens is 348 g/mol. The minimum absolute atomic E-state index is 0.122. The molecular formula is C16H19ClN4O4. The van der Waals surface area contributed by atoms with E-state index in [-0.39, 0.29) is 13.0 Å². The van der Waals surface area contributed by atoms with Gasteiger partial charge in [0.25, 0.3) is 5.91 Å². The summed E-state index contributed by atoms with van der Waals surface area (Å²) in [6.45, 7) is 1.66. The highest BCUT2D eigenvalue weighted by molar-refractivity contribution is 6.30. The summed E-state index contributed by atoms with van der Waals surface area (Å²) < 4.78 is 0. The van der Waals surface area contributed by atoms with E-state index in [9.17, 15) is 19.2 Å². The summed E-state index contributed by atoms with van der Waals surface area (Å²) in [5.41, 5.74) is -0.561. The first-order valence-electron chi connectivity index (χ1n) is 7.75. The van der Waals surface area contributed by atoms with Gasteiger partial charge in [0.1, 0.15) is 5.54 Å². The highest BCUT2D eigenvalue weighted by atomic mass is 35.5. The van der Waals surface area contributed by atoms with Gasteiger partial charge in [-0.1, -0.05) is 30.7 Å². The number of halogens is 1. The summed E-state index contributed by atoms with van der Waals surface area (Å²) in [5.74, 6) is -1.02. The third kappa shape index (κ3) is 3.74. The molecule has 0 radical (unpaired) electrons. The Balaban J connectivity index is 2.13. The van der Waals surface area contributed by atoms with Crippen LogP contribution in [0.3, 0.4) is 0 Å². The van der Waals surface area contributed by atoms with Gasteiger partial charge in [-0.2, -0.15) is 0 Å². The Kier molecular flexibility index (Phi) is 5.63. The number of hydrogen-bond donors (Lipinski definition) is 3. The molecule has 1 aromatic rings. The number of nitrogens with one attached hydrogen (secondary N) is 3. The molecule has 1 heterocycles. The van der Waals surface area contributed by atoms with Crippen LogP contribution in [0.1, 0.15) is 25.3 Å². The summed E-state index contributed by atoms with van der Waals surface area (Å²) in [6.07, 6.45) is 0.174. The molecule has 0 unspecified atom stereocenters. The van der Waals surface area contributed by atoms with Crippen LogP contribution >= 0.6 is 11.6 Å². The Morgan fingerprint density at radius 3 is 2.44 bits per heavy atom. The van der Waals surface area contributed by atoms with Crippen LogP contribution in [0.5, 0.6) is 0 Å². The molecule has 2 rings (SSSR count). The summed E-state index contributed by atoms with van der Waals surface area (Å²) >= 11 is 5.88. The predicted molar refractivity (Wildman–Crippen MR) is 90.9 cm³/mol. The fourth-order valence-corrected chi connectivity index (χ4v) is 2.79. The molecule has 9 heteroatoms. The molecule has 6 amide bonds. The lowest BCUT2D eigenvalue weighted by Gasteiger charge is -2.25. The van der Waals surface area contributed by atoms with Gasteiger partial charge in [0.2, 0.25) is 5.91 Å². The first kappa shape index (κ1) is 18.7. The molecule has 1 aliphatic heterocycles. The molecule has 1 aliphatic rings. The summed E-state index contributed by atoms with van der Waals surface area (Å²) in [7, 11) is 1.38. The molecule has 1 aromatic carbocycles. The van der Waals surface area contributed by atoms with E-state index in [0.29, 0.717) is 17.0 Å². The second-order valence-corrected chi connectivity index (χ2v) is 5.97. The van der Waals surface area contributed by atoms with E-state index in [2.05, 4.69) is 16.0 Å². The summed E-state index contributed by atoms with van der Waals surface area (Å²) in [4.78, 5) is 48.8. The Bertz CT molecular complexity index is 707. The molecule has 134 valence electrons. The number of carbonyl (C=O) groups excluding carboxylic acids is 4. The van der Waals surface area contributed by atoms with Crippen LogP contribution in [0.2, 0.25) is 5.02 Å². The lowest BCUT2D eigenvalue weighted by atomic mass is 9.87. The summed E-state index contributed by atoms with van der Waals surface area (Å²) in [5, 5.41) is 7.57. The number of urea groups is 2. The third-order valence-electron chi connectivity index (χ3n) is 4.09. The van der Waals surface area contributed by atoms with Crippen LogP contribution < -0.4 is 16.0 Å². The van der Waals surface area contributed by atoms with E-state index in [0.717, 1.165) is 4.90 Å². The van der Waals surface area contributed by atoms with Gasteiger partial charge in [0, 0.05) is 25.0 Å². The zero-order valence-electron chi connectivity index (χ0n) is 13.9. The Morgan fingerprint density at radius 1 is 1.24 bits per heavy atom. The first-order chi connectivity index (χ1) is 11.8. The highest BCUT2D eigenvalue weighted by Crippen LogP contribution is 2.33. The maximum absolute atomic E-state index is 12.8. The van der Waals surface area contributed by atoms with Crippen LogP contribution in [0.15, 0.2) is 24.3 Å². The number of carbonyl (C=O) groups is 4. The lowest BCUT2D eigenvalue weighted by Crippen LogP contribution is -2.44. The monoisotopic (exact) mass is 366 g/mol. The molecule has 8 nitrogen and oxygen atoms in total. The molecule has 25 heavy (non-hydrogen) atoms. The molecule has 3 N–H and O–H groups in total. The van der Waals surface area contributed by atoms with Gasteiger partial charge in [0.05, 0.1) is 0 Å². The van der Waals surface area contributed by atoms with Gasteiger partial charge in [-0.25, -0.2) is 9.59 Å². The maximum Gasteiger partial charge on any atom is 0.325 e. The maximum atomic E-state index is 12.8. The average Bonchev–Trinajstić information content (AvgIpc) is 2.84. The largest absolute Gasteiger partial charge is 0.341 e. The van der Waals surface area contributed by atoms with Crippen molar-refractivity contribution in [3.05, 3.63) is 34.9 Å². The number of benzene rings is 1. The van der Waals surface area contributed by atoms with Crippen molar-refractivity contribution in [1.82, 2.24) is 20.9 Å². The van der Waals surface area contributed by atoms with Crippen molar-refractivity contribution in [3.63, 3.8) is 0 Å². The Hall–Kier alpha value is -2.61. The smallest absolute Gasteiger partial charge is 0.325 e. The molecule has 0 aromatic heterocycles. The second-order valence-electron chi connectivity index (χ2n) is 5.53. The van der Waals surface area contributed by atoms with Crippen LogP contribution in [-0.2, 0) is 15.1 Å². The molecule has 0 aliphatic carbocycles. The van der Waals surface area contributed by atoms with Crippen molar-refractivity contribution in [2.75, 3.05) is 13.6 Å². The van der Waals surface area contributed by atoms with Gasteiger partial charge in [-0.15, -0.1) is 0 Å². The topological polar surface area (TPSA) is 108 Å². The van der Waals surface area contributed by atoms with Crippen molar-refractivity contribution in [2.24, 2.45) is 0 Å². The van der Waals surface area contributed by atoms with Gasteiger partial charge >= 0.3 is 12.1 Å². The molecule has 0 saturated carbocycles. The molecule has 0 bridgehead atoms. The van der Waals surface area contributed by atoms with Gasteiger partial charge in [-0.05, 0) is 24.1 Å². The SMILES string of the molecule is CC[C@]1(c2ccc(Cl)cc2)NC(=O)N(CCC(=O)NC(=O)NC)C1=O. The van der Waals surface area contributed by atoms with Gasteiger partial charge < -0.3 is 10.6 Å². The minimum atomic E-state index is -1.18. The Morgan fingerprint density at radius 2 is 1.88 bits per heavy atom. The molecule has 0 spiro atoms. The van der Waals surface area contributed by atoms with E-state index in [1.807, 2.05) is 0 Å². The van der Waals surface area contributed by atoms with Crippen LogP contribution in [0.25, 0.3) is 0 Å². The van der Waals surface area contributed by atoms with E-state index in [1.54, 1.807) is 31.2 Å². The molecule has 1 saturated heterocycles. The van der Waals surface area contributed by atoms with Crippen molar-refractivity contribution in [3.8, 4) is 0 Å². The van der Waals surface area contributed by atoms with Crippen molar-refractivity contribution >= 4 is 35.5 Å². The van der Waals surface area contributed by atoms with Crippen LogP contribution in [0.4, 0.5) is 9.59 Å². The van der Waals surface area contributed by atoms with Crippen LogP contribution in [0, 0.1) is 0 Å². The quantitative estimate of drug-likeness (QED) is 0.683. The number of rotatable bonds is 5. The van der Waals surface area contributed by atoms with Crippen molar-refractivity contribution < 1.29 is 19.2 Å². The van der Waals surface area contributed by atoms with Gasteiger partial charge in [-0.3, -0.25) is 19.8 Å². The fraction of sp³-hybridized carbons (Fsp3) is 0.375. The standard InChI is InChI=1S/C16H19ClN4O4/c1-3-16(10-4-6-11(17)7-5-10)13(23)21(15(25)20-16)9-8-12(22)19-14(24)18-2/h4-7H,3,8-9H2,1-2H3,(H,20,25)(H2,18,19,22,24)/t16-/m1/s1. The Labute approximate surface area is 149 Å². The third-order valence-corrected chi connectivity index (χ3v) is 4.34. The van der Waals surface area contributed by atoms with Crippen molar-refractivity contribution in [1.29, 1.82) is 0 Å².